The van der Waals surface area contributed by atoms with Crippen LogP contribution in [0.5, 0.6) is 0 Å². The summed E-state index contributed by atoms with van der Waals surface area (Å²) in [6, 6.07) is 8.93. The van der Waals surface area contributed by atoms with Crippen molar-refractivity contribution < 1.29 is 17.6 Å². The number of amides is 1. The SMILES string of the molecule is O=C(Nc1ccc(S(=O)(=O)C2C=CC=CC2)cc1)/C(F)=C/c1cccnc1. The third-order valence-corrected chi connectivity index (χ3v) is 6.05. The average Bonchev–Trinajstić information content (AvgIpc) is 2.70. The predicted molar refractivity (Wildman–Crippen MR) is 102 cm³/mol. The van der Waals surface area contributed by atoms with Gasteiger partial charge in [-0.05, 0) is 48.4 Å². The van der Waals surface area contributed by atoms with Crippen LogP contribution in [0.3, 0.4) is 0 Å². The fraction of sp³-hybridized carbons (Fsp3) is 0.100. The molecule has 5 nitrogen and oxygen atoms in total. The number of benzene rings is 1. The number of nitrogens with one attached hydrogen (secondary N) is 1. The highest BCUT2D eigenvalue weighted by molar-refractivity contribution is 7.92. The highest BCUT2D eigenvalue weighted by Crippen LogP contribution is 2.23. The van der Waals surface area contributed by atoms with Gasteiger partial charge in [-0.25, -0.2) is 12.8 Å². The summed E-state index contributed by atoms with van der Waals surface area (Å²) in [6.45, 7) is 0. The first-order valence-corrected chi connectivity index (χ1v) is 9.77. The molecule has 2 aromatic rings. The van der Waals surface area contributed by atoms with Crippen molar-refractivity contribution in [3.8, 4) is 0 Å². The van der Waals surface area contributed by atoms with Gasteiger partial charge in [-0.1, -0.05) is 30.4 Å². The fourth-order valence-electron chi connectivity index (χ4n) is 2.55. The second-order valence-corrected chi connectivity index (χ2v) is 8.06. The van der Waals surface area contributed by atoms with E-state index in [9.17, 15) is 17.6 Å². The number of pyridine rings is 1. The Morgan fingerprint density at radius 1 is 1.19 bits per heavy atom. The van der Waals surface area contributed by atoms with E-state index in [4.69, 9.17) is 0 Å². The number of carbonyl (C=O) groups excluding carboxylic acids is 1. The Morgan fingerprint density at radius 2 is 1.96 bits per heavy atom. The van der Waals surface area contributed by atoms with E-state index in [1.165, 1.54) is 30.5 Å². The van der Waals surface area contributed by atoms with Gasteiger partial charge in [0.1, 0.15) is 0 Å². The van der Waals surface area contributed by atoms with Crippen LogP contribution in [0.15, 0.2) is 83.8 Å². The molecule has 1 aromatic heterocycles. The standard InChI is InChI=1S/C20H17FN2O3S/c21-19(13-15-5-4-12-22-14-15)20(24)23-16-8-10-18(11-9-16)27(25,26)17-6-2-1-3-7-17/h1-6,8-14,17H,7H2,(H,23,24)/b19-13-. The Balaban J connectivity index is 1.70. The highest BCUT2D eigenvalue weighted by Gasteiger charge is 2.25. The van der Waals surface area contributed by atoms with Gasteiger partial charge in [0.2, 0.25) is 0 Å². The van der Waals surface area contributed by atoms with Gasteiger partial charge in [0.15, 0.2) is 15.7 Å². The largest absolute Gasteiger partial charge is 0.320 e. The van der Waals surface area contributed by atoms with Gasteiger partial charge >= 0.3 is 0 Å². The van der Waals surface area contributed by atoms with E-state index in [0.29, 0.717) is 17.7 Å². The summed E-state index contributed by atoms with van der Waals surface area (Å²) in [5.41, 5.74) is 0.758. The van der Waals surface area contributed by atoms with Crippen LogP contribution in [0.2, 0.25) is 0 Å². The van der Waals surface area contributed by atoms with Crippen molar-refractivity contribution in [1.82, 2.24) is 4.98 Å². The maximum absolute atomic E-state index is 14.0. The van der Waals surface area contributed by atoms with Gasteiger partial charge in [0, 0.05) is 18.1 Å². The van der Waals surface area contributed by atoms with Crippen LogP contribution in [-0.2, 0) is 14.6 Å². The first-order valence-electron chi connectivity index (χ1n) is 8.23. The van der Waals surface area contributed by atoms with Gasteiger partial charge in [-0.3, -0.25) is 9.78 Å². The minimum Gasteiger partial charge on any atom is -0.320 e. The summed E-state index contributed by atoms with van der Waals surface area (Å²) in [5.74, 6) is -1.89. The molecule has 0 bridgehead atoms. The molecule has 1 aromatic carbocycles. The molecule has 1 heterocycles. The van der Waals surface area contributed by atoms with E-state index in [1.54, 1.807) is 42.6 Å². The lowest BCUT2D eigenvalue weighted by Crippen LogP contribution is -2.19. The Bertz CT molecular complexity index is 1010. The van der Waals surface area contributed by atoms with Crippen molar-refractivity contribution in [3.63, 3.8) is 0 Å². The molecule has 7 heteroatoms. The van der Waals surface area contributed by atoms with E-state index < -0.39 is 26.8 Å². The first-order chi connectivity index (χ1) is 13.0. The van der Waals surface area contributed by atoms with Gasteiger partial charge in [0.25, 0.3) is 5.91 Å². The Morgan fingerprint density at radius 3 is 2.59 bits per heavy atom. The second kappa shape index (κ2) is 8.09. The molecule has 1 aliphatic rings. The fourth-order valence-corrected chi connectivity index (χ4v) is 4.08. The minimum atomic E-state index is -3.51. The molecular formula is C20H17FN2O3S. The number of anilines is 1. The predicted octanol–water partition coefficient (Wildman–Crippen LogP) is 3.69. The normalized spacial score (nSPS) is 16.9. The second-order valence-electron chi connectivity index (χ2n) is 5.89. The summed E-state index contributed by atoms with van der Waals surface area (Å²) in [6.07, 6.45) is 11.4. The summed E-state index contributed by atoms with van der Waals surface area (Å²) in [7, 11) is -3.51. The van der Waals surface area contributed by atoms with Crippen molar-refractivity contribution in [3.05, 3.63) is 84.5 Å². The summed E-state index contributed by atoms with van der Waals surface area (Å²) < 4.78 is 39.2. The van der Waals surface area contributed by atoms with Crippen molar-refractivity contribution in [2.45, 2.75) is 16.6 Å². The molecule has 1 unspecified atom stereocenters. The van der Waals surface area contributed by atoms with Crippen LogP contribution in [0.4, 0.5) is 10.1 Å². The molecule has 0 aliphatic heterocycles. The van der Waals surface area contributed by atoms with Crippen LogP contribution < -0.4 is 5.32 Å². The van der Waals surface area contributed by atoms with Crippen molar-refractivity contribution in [1.29, 1.82) is 0 Å². The lowest BCUT2D eigenvalue weighted by atomic mass is 10.2. The number of sulfone groups is 1. The van der Waals surface area contributed by atoms with Crippen LogP contribution in [-0.4, -0.2) is 24.6 Å². The van der Waals surface area contributed by atoms with Crippen LogP contribution in [0.25, 0.3) is 6.08 Å². The van der Waals surface area contributed by atoms with Crippen LogP contribution >= 0.6 is 0 Å². The van der Waals surface area contributed by atoms with Crippen molar-refractivity contribution in [2.24, 2.45) is 0 Å². The molecule has 3 rings (SSSR count). The topological polar surface area (TPSA) is 76.1 Å². The van der Waals surface area contributed by atoms with Gasteiger partial charge < -0.3 is 5.32 Å². The monoisotopic (exact) mass is 384 g/mol. The molecule has 0 radical (unpaired) electrons. The zero-order valence-corrected chi connectivity index (χ0v) is 15.1. The molecular weight excluding hydrogens is 367 g/mol. The quantitative estimate of drug-likeness (QED) is 0.798. The van der Waals surface area contributed by atoms with Gasteiger partial charge in [-0.15, -0.1) is 0 Å². The number of rotatable bonds is 5. The third kappa shape index (κ3) is 4.57. The zero-order chi connectivity index (χ0) is 19.3. The average molecular weight is 384 g/mol. The van der Waals surface area contributed by atoms with Gasteiger partial charge in [0.05, 0.1) is 10.1 Å². The molecule has 1 amide bonds. The Labute approximate surface area is 156 Å². The van der Waals surface area contributed by atoms with E-state index in [1.807, 2.05) is 0 Å². The molecule has 1 N–H and O–H groups in total. The molecule has 0 fully saturated rings. The minimum absolute atomic E-state index is 0.150. The molecule has 0 spiro atoms. The van der Waals surface area contributed by atoms with Gasteiger partial charge in [-0.2, -0.15) is 0 Å². The molecule has 138 valence electrons. The molecule has 1 aliphatic carbocycles. The smallest absolute Gasteiger partial charge is 0.284 e. The third-order valence-electron chi connectivity index (χ3n) is 3.98. The lowest BCUT2D eigenvalue weighted by Gasteiger charge is -2.14. The number of aromatic nitrogens is 1. The molecule has 0 saturated heterocycles. The maximum Gasteiger partial charge on any atom is 0.284 e. The lowest BCUT2D eigenvalue weighted by molar-refractivity contribution is -0.114. The summed E-state index contributed by atoms with van der Waals surface area (Å²) in [4.78, 5) is 15.9. The summed E-state index contributed by atoms with van der Waals surface area (Å²) in [5, 5.41) is 1.79. The van der Waals surface area contributed by atoms with E-state index in [2.05, 4.69) is 10.3 Å². The van der Waals surface area contributed by atoms with Crippen molar-refractivity contribution in [2.75, 3.05) is 5.32 Å². The number of allylic oxidation sites excluding steroid dienone is 3. The maximum atomic E-state index is 14.0. The number of halogens is 1. The molecule has 0 saturated carbocycles. The number of nitrogens with zero attached hydrogens (tertiary/aromatic N) is 1. The summed E-state index contributed by atoms with van der Waals surface area (Å²) >= 11 is 0. The van der Waals surface area contributed by atoms with E-state index >= 15 is 0 Å². The number of hydrogen-bond acceptors (Lipinski definition) is 4. The van der Waals surface area contributed by atoms with E-state index in [0.717, 1.165) is 6.08 Å². The first kappa shape index (κ1) is 18.7. The Hall–Kier alpha value is -3.06. The Kier molecular flexibility index (Phi) is 5.61. The number of carbonyl (C=O) groups is 1. The van der Waals surface area contributed by atoms with Crippen LogP contribution in [0, 0.1) is 0 Å². The van der Waals surface area contributed by atoms with E-state index in [-0.39, 0.29) is 4.90 Å². The van der Waals surface area contributed by atoms with Crippen molar-refractivity contribution >= 4 is 27.5 Å². The number of hydrogen-bond donors (Lipinski definition) is 1. The zero-order valence-electron chi connectivity index (χ0n) is 14.2. The highest BCUT2D eigenvalue weighted by atomic mass is 32.2. The molecule has 27 heavy (non-hydrogen) atoms. The van der Waals surface area contributed by atoms with Crippen LogP contribution in [0.1, 0.15) is 12.0 Å². The molecule has 1 atom stereocenters.